The summed E-state index contributed by atoms with van der Waals surface area (Å²) in [4.78, 5) is 24.2. The van der Waals surface area contributed by atoms with Crippen molar-refractivity contribution in [3.8, 4) is 0 Å². The van der Waals surface area contributed by atoms with E-state index in [-0.39, 0.29) is 31.3 Å². The standard InChI is InChI=1S/C43H76O6/c1-4-5-33-40(45)34-29-25-21-17-13-10-11-14-18-22-26-30-35-42(46)48-38-41(37-44)49-43(47)36-31-27-23-19-15-9-7-6-8-12-16-20-24-28-32-39(2)3/h10-11,17-18,21-22,29,34,39-41,44-45H,4-9,12-16,19-20,23-28,30-33,35-38H2,1-3H3/b11-10-,21-17-,22-18-,34-29-/t40-,41-/m0/s1. The zero-order chi connectivity index (χ0) is 36.0. The van der Waals surface area contributed by atoms with Crippen LogP contribution in [0.15, 0.2) is 48.6 Å². The van der Waals surface area contributed by atoms with Crippen molar-refractivity contribution in [1.29, 1.82) is 0 Å². The zero-order valence-corrected chi connectivity index (χ0v) is 32.0. The molecule has 0 aromatic heterocycles. The highest BCUT2D eigenvalue weighted by Gasteiger charge is 2.16. The van der Waals surface area contributed by atoms with E-state index in [1.165, 1.54) is 77.0 Å². The molecule has 2 N–H and O–H groups in total. The first kappa shape index (κ1) is 46.8. The van der Waals surface area contributed by atoms with Gasteiger partial charge in [0.1, 0.15) is 6.61 Å². The fourth-order valence-corrected chi connectivity index (χ4v) is 5.51. The highest BCUT2D eigenvalue weighted by atomic mass is 16.6. The summed E-state index contributed by atoms with van der Waals surface area (Å²) < 4.78 is 10.6. The monoisotopic (exact) mass is 689 g/mol. The third kappa shape index (κ3) is 36.9. The number of aliphatic hydroxyl groups is 2. The number of allylic oxidation sites excluding steroid dienone is 7. The van der Waals surface area contributed by atoms with Crippen LogP contribution in [0.3, 0.4) is 0 Å². The Morgan fingerprint density at radius 3 is 1.61 bits per heavy atom. The first-order valence-corrected chi connectivity index (χ1v) is 20.1. The number of unbranched alkanes of at least 4 members (excludes halogenated alkanes) is 15. The van der Waals surface area contributed by atoms with Crippen LogP contribution in [0.4, 0.5) is 0 Å². The Bertz CT molecular complexity index is 858. The van der Waals surface area contributed by atoms with E-state index < -0.39 is 6.10 Å². The Labute approximate surface area is 301 Å². The van der Waals surface area contributed by atoms with Gasteiger partial charge in [-0.1, -0.05) is 172 Å². The number of carbonyl (C=O) groups excluding carboxylic acids is 2. The van der Waals surface area contributed by atoms with E-state index in [0.717, 1.165) is 70.1 Å². The number of esters is 2. The molecule has 0 aromatic carbocycles. The Morgan fingerprint density at radius 2 is 1.08 bits per heavy atom. The van der Waals surface area contributed by atoms with Crippen molar-refractivity contribution in [3.63, 3.8) is 0 Å². The van der Waals surface area contributed by atoms with E-state index in [4.69, 9.17) is 9.47 Å². The minimum atomic E-state index is -0.803. The van der Waals surface area contributed by atoms with Crippen molar-refractivity contribution in [3.05, 3.63) is 48.6 Å². The molecule has 284 valence electrons. The van der Waals surface area contributed by atoms with Crippen LogP contribution >= 0.6 is 0 Å². The second-order valence-electron chi connectivity index (χ2n) is 14.0. The molecule has 0 aliphatic carbocycles. The largest absolute Gasteiger partial charge is 0.462 e. The Morgan fingerprint density at radius 1 is 0.592 bits per heavy atom. The molecule has 0 unspecified atom stereocenters. The first-order valence-electron chi connectivity index (χ1n) is 20.1. The van der Waals surface area contributed by atoms with Crippen LogP contribution in [0, 0.1) is 5.92 Å². The summed E-state index contributed by atoms with van der Waals surface area (Å²) >= 11 is 0. The SMILES string of the molecule is CCCC[C@H](O)/C=C\C/C=C\C/C=C\C/C=C\CCCC(=O)OC[C@H](CO)OC(=O)CCCCCCCCCCCCCCCCC(C)C. The molecule has 0 saturated carbocycles. The quantitative estimate of drug-likeness (QED) is 0.0391. The molecule has 0 amide bonds. The summed E-state index contributed by atoms with van der Waals surface area (Å²) in [7, 11) is 0. The predicted octanol–water partition coefficient (Wildman–Crippen LogP) is 11.4. The maximum Gasteiger partial charge on any atom is 0.306 e. The van der Waals surface area contributed by atoms with Gasteiger partial charge in [0.15, 0.2) is 6.10 Å². The van der Waals surface area contributed by atoms with Gasteiger partial charge in [0.25, 0.3) is 0 Å². The van der Waals surface area contributed by atoms with E-state index in [0.29, 0.717) is 19.3 Å². The maximum atomic E-state index is 12.2. The molecule has 0 saturated heterocycles. The Kier molecular flexibility index (Phi) is 35.4. The van der Waals surface area contributed by atoms with Crippen molar-refractivity contribution in [2.45, 2.75) is 193 Å². The zero-order valence-electron chi connectivity index (χ0n) is 32.0. The van der Waals surface area contributed by atoms with Gasteiger partial charge in [-0.05, 0) is 50.9 Å². The van der Waals surface area contributed by atoms with Crippen molar-refractivity contribution < 1.29 is 29.3 Å². The fourth-order valence-electron chi connectivity index (χ4n) is 5.51. The van der Waals surface area contributed by atoms with Crippen LogP contribution in [-0.2, 0) is 19.1 Å². The fraction of sp³-hybridized carbons (Fsp3) is 0.767. The minimum Gasteiger partial charge on any atom is -0.462 e. The smallest absolute Gasteiger partial charge is 0.306 e. The summed E-state index contributed by atoms with van der Waals surface area (Å²) in [5.41, 5.74) is 0. The number of hydrogen-bond donors (Lipinski definition) is 2. The van der Waals surface area contributed by atoms with E-state index in [1.54, 1.807) is 0 Å². The third-order valence-corrected chi connectivity index (χ3v) is 8.62. The highest BCUT2D eigenvalue weighted by molar-refractivity contribution is 5.70. The van der Waals surface area contributed by atoms with Gasteiger partial charge in [-0.25, -0.2) is 0 Å². The van der Waals surface area contributed by atoms with Crippen LogP contribution in [0.5, 0.6) is 0 Å². The van der Waals surface area contributed by atoms with E-state index in [9.17, 15) is 19.8 Å². The molecule has 6 heteroatoms. The summed E-state index contributed by atoms with van der Waals surface area (Å²) in [6, 6.07) is 0. The van der Waals surface area contributed by atoms with Gasteiger partial charge in [0.2, 0.25) is 0 Å². The lowest BCUT2D eigenvalue weighted by Gasteiger charge is -2.15. The summed E-state index contributed by atoms with van der Waals surface area (Å²) in [5, 5.41) is 19.3. The molecule has 0 aliphatic rings. The summed E-state index contributed by atoms with van der Waals surface area (Å²) in [5.74, 6) is 0.166. The van der Waals surface area contributed by atoms with Gasteiger partial charge in [0.05, 0.1) is 12.7 Å². The van der Waals surface area contributed by atoms with Gasteiger partial charge >= 0.3 is 11.9 Å². The van der Waals surface area contributed by atoms with Crippen LogP contribution in [-0.4, -0.2) is 47.6 Å². The molecule has 0 rings (SSSR count). The van der Waals surface area contributed by atoms with E-state index >= 15 is 0 Å². The normalized spacial score (nSPS) is 13.4. The molecule has 0 aliphatic heterocycles. The Balaban J connectivity index is 3.67. The molecule has 0 fully saturated rings. The van der Waals surface area contributed by atoms with E-state index in [2.05, 4.69) is 57.2 Å². The van der Waals surface area contributed by atoms with Crippen LogP contribution in [0.25, 0.3) is 0 Å². The van der Waals surface area contributed by atoms with Gasteiger partial charge in [-0.3, -0.25) is 9.59 Å². The summed E-state index contributed by atoms with van der Waals surface area (Å²) in [6.07, 6.45) is 42.3. The van der Waals surface area contributed by atoms with Gasteiger partial charge < -0.3 is 19.7 Å². The first-order chi connectivity index (χ1) is 23.9. The Hall–Kier alpha value is -2.18. The third-order valence-electron chi connectivity index (χ3n) is 8.62. The molecule has 0 heterocycles. The molecule has 6 nitrogen and oxygen atoms in total. The molecule has 0 radical (unpaired) electrons. The molecule has 2 atom stereocenters. The lowest BCUT2D eigenvalue weighted by atomic mass is 10.0. The molecule has 0 bridgehead atoms. The highest BCUT2D eigenvalue weighted by Crippen LogP contribution is 2.15. The molecule has 49 heavy (non-hydrogen) atoms. The van der Waals surface area contributed by atoms with Gasteiger partial charge in [0, 0.05) is 12.8 Å². The van der Waals surface area contributed by atoms with Crippen molar-refractivity contribution in [2.75, 3.05) is 13.2 Å². The second-order valence-corrected chi connectivity index (χ2v) is 14.0. The molecular weight excluding hydrogens is 612 g/mol. The van der Waals surface area contributed by atoms with Crippen LogP contribution in [0.1, 0.15) is 181 Å². The van der Waals surface area contributed by atoms with Gasteiger partial charge in [-0.15, -0.1) is 0 Å². The maximum absolute atomic E-state index is 12.2. The second kappa shape index (κ2) is 37.1. The average molecular weight is 689 g/mol. The van der Waals surface area contributed by atoms with Crippen molar-refractivity contribution in [1.82, 2.24) is 0 Å². The lowest BCUT2D eigenvalue weighted by molar-refractivity contribution is -0.161. The number of hydrogen-bond acceptors (Lipinski definition) is 6. The predicted molar refractivity (Wildman–Crippen MR) is 206 cm³/mol. The molecular formula is C43H76O6. The number of ether oxygens (including phenoxy) is 2. The molecule has 0 spiro atoms. The minimum absolute atomic E-state index is 0.106. The van der Waals surface area contributed by atoms with Crippen LogP contribution < -0.4 is 0 Å². The molecule has 0 aromatic rings. The number of carbonyl (C=O) groups is 2. The van der Waals surface area contributed by atoms with Crippen LogP contribution in [0.2, 0.25) is 0 Å². The lowest BCUT2D eigenvalue weighted by Crippen LogP contribution is -2.28. The van der Waals surface area contributed by atoms with E-state index in [1.807, 2.05) is 12.2 Å². The topological polar surface area (TPSA) is 93.1 Å². The van der Waals surface area contributed by atoms with Crippen molar-refractivity contribution in [2.24, 2.45) is 5.92 Å². The number of rotatable bonds is 35. The van der Waals surface area contributed by atoms with Gasteiger partial charge in [-0.2, -0.15) is 0 Å². The average Bonchev–Trinajstić information content (AvgIpc) is 3.08. The summed E-state index contributed by atoms with van der Waals surface area (Å²) in [6.45, 7) is 6.28. The number of aliphatic hydroxyl groups excluding tert-OH is 2. The van der Waals surface area contributed by atoms with Crippen molar-refractivity contribution >= 4 is 11.9 Å².